The average Bonchev–Trinajstić information content (AvgIpc) is 3.29. The van der Waals surface area contributed by atoms with Crippen LogP contribution in [-0.2, 0) is 9.47 Å². The number of ether oxygens (including phenoxy) is 2. The van der Waals surface area contributed by atoms with Crippen LogP contribution in [0, 0.1) is 0 Å². The molecule has 3 saturated heterocycles. The number of rotatable bonds is 6. The Kier molecular flexibility index (Phi) is 11.2. The van der Waals surface area contributed by atoms with Crippen molar-refractivity contribution in [2.24, 2.45) is 0 Å². The Bertz CT molecular complexity index is 326. The molecular formula is C21H44N2O2. The Morgan fingerprint density at radius 2 is 1.68 bits per heavy atom. The van der Waals surface area contributed by atoms with Crippen LogP contribution < -0.4 is 0 Å². The Hall–Kier alpha value is -0.160. The standard InChI is InChI=1S/C11H21NO.C8H17NO.C2H6/c1-10(2)13-9-11-5-3-7-12(11)8-4-6-11;1-3-10-7-8-5-4-6-9(8)2;1-2/h10H,3-9H2,1-2H3;8H,3-7H2,1-2H3;1-2H3. The fourth-order valence-electron chi connectivity index (χ4n) is 4.23. The first-order valence-corrected chi connectivity index (χ1v) is 10.7. The molecule has 4 heteroatoms. The zero-order valence-corrected chi connectivity index (χ0v) is 17.9. The van der Waals surface area contributed by atoms with Crippen LogP contribution in [0.3, 0.4) is 0 Å². The Balaban J connectivity index is 0.000000235. The van der Waals surface area contributed by atoms with Gasteiger partial charge < -0.3 is 14.4 Å². The quantitative estimate of drug-likeness (QED) is 0.713. The molecular weight excluding hydrogens is 312 g/mol. The summed E-state index contributed by atoms with van der Waals surface area (Å²) in [5, 5.41) is 0. The minimum Gasteiger partial charge on any atom is -0.380 e. The molecule has 0 aliphatic carbocycles. The summed E-state index contributed by atoms with van der Waals surface area (Å²) in [7, 11) is 2.18. The van der Waals surface area contributed by atoms with Crippen LogP contribution in [-0.4, -0.2) is 74.0 Å². The minimum absolute atomic E-state index is 0.387. The first-order valence-electron chi connectivity index (χ1n) is 10.7. The van der Waals surface area contributed by atoms with Crippen molar-refractivity contribution in [2.45, 2.75) is 90.8 Å². The second-order valence-electron chi connectivity index (χ2n) is 7.71. The van der Waals surface area contributed by atoms with Crippen molar-refractivity contribution in [1.29, 1.82) is 0 Å². The average molecular weight is 357 g/mol. The maximum absolute atomic E-state index is 5.79. The first kappa shape index (κ1) is 22.9. The first-order chi connectivity index (χ1) is 12.1. The predicted octanol–water partition coefficient (Wildman–Crippen LogP) is 4.18. The summed E-state index contributed by atoms with van der Waals surface area (Å²) in [6, 6.07) is 0.694. The van der Waals surface area contributed by atoms with Crippen molar-refractivity contribution in [3.05, 3.63) is 0 Å². The molecule has 0 N–H and O–H groups in total. The molecule has 0 saturated carbocycles. The SMILES string of the molecule is CC.CC(C)OCC12CCCN1CCC2.CCOCC1CCCN1C. The van der Waals surface area contributed by atoms with Crippen molar-refractivity contribution in [1.82, 2.24) is 9.80 Å². The summed E-state index contributed by atoms with van der Waals surface area (Å²) >= 11 is 0. The van der Waals surface area contributed by atoms with E-state index in [1.54, 1.807) is 0 Å². The normalized spacial score (nSPS) is 25.3. The van der Waals surface area contributed by atoms with Gasteiger partial charge in [-0.15, -0.1) is 0 Å². The fourth-order valence-corrected chi connectivity index (χ4v) is 4.23. The summed E-state index contributed by atoms with van der Waals surface area (Å²) in [4.78, 5) is 5.03. The highest BCUT2D eigenvalue weighted by Crippen LogP contribution is 2.38. The summed E-state index contributed by atoms with van der Waals surface area (Å²) in [5.74, 6) is 0. The molecule has 0 spiro atoms. The lowest BCUT2D eigenvalue weighted by Gasteiger charge is -2.32. The third kappa shape index (κ3) is 7.16. The lowest BCUT2D eigenvalue weighted by atomic mass is 9.95. The fraction of sp³-hybridized carbons (Fsp3) is 1.00. The highest BCUT2D eigenvalue weighted by atomic mass is 16.5. The largest absolute Gasteiger partial charge is 0.380 e. The number of likely N-dealkylation sites (tertiary alicyclic amines) is 1. The number of nitrogens with zero attached hydrogens (tertiary/aromatic N) is 2. The van der Waals surface area contributed by atoms with E-state index in [1.165, 1.54) is 58.2 Å². The number of likely N-dealkylation sites (N-methyl/N-ethyl adjacent to an activating group) is 1. The van der Waals surface area contributed by atoms with Gasteiger partial charge in [-0.3, -0.25) is 4.90 Å². The number of fused-ring (bicyclic) bond motifs is 1. The van der Waals surface area contributed by atoms with Crippen LogP contribution in [0.2, 0.25) is 0 Å². The summed E-state index contributed by atoms with van der Waals surface area (Å²) < 4.78 is 11.1. The second kappa shape index (κ2) is 12.3. The molecule has 0 bridgehead atoms. The third-order valence-corrected chi connectivity index (χ3v) is 5.68. The van der Waals surface area contributed by atoms with E-state index in [4.69, 9.17) is 9.47 Å². The molecule has 3 aliphatic heterocycles. The highest BCUT2D eigenvalue weighted by molar-refractivity contribution is 5.00. The maximum atomic E-state index is 5.79. The molecule has 25 heavy (non-hydrogen) atoms. The summed E-state index contributed by atoms with van der Waals surface area (Å²) in [6.45, 7) is 16.9. The Labute approximate surface area is 157 Å². The molecule has 1 atom stereocenters. The van der Waals surface area contributed by atoms with Gasteiger partial charge in [-0.1, -0.05) is 13.8 Å². The summed E-state index contributed by atoms with van der Waals surface area (Å²) in [5.41, 5.74) is 0.449. The highest BCUT2D eigenvalue weighted by Gasteiger charge is 2.44. The van der Waals surface area contributed by atoms with E-state index in [9.17, 15) is 0 Å². The number of hydrogen-bond donors (Lipinski definition) is 0. The van der Waals surface area contributed by atoms with E-state index in [-0.39, 0.29) is 0 Å². The van der Waals surface area contributed by atoms with Crippen LogP contribution in [0.25, 0.3) is 0 Å². The molecule has 0 amide bonds. The second-order valence-corrected chi connectivity index (χ2v) is 7.71. The van der Waals surface area contributed by atoms with Crippen molar-refractivity contribution in [3.63, 3.8) is 0 Å². The molecule has 3 heterocycles. The molecule has 4 nitrogen and oxygen atoms in total. The van der Waals surface area contributed by atoms with Gasteiger partial charge in [0.2, 0.25) is 0 Å². The predicted molar refractivity (Wildman–Crippen MR) is 107 cm³/mol. The maximum Gasteiger partial charge on any atom is 0.0653 e. The molecule has 0 aromatic heterocycles. The van der Waals surface area contributed by atoms with Crippen LogP contribution >= 0.6 is 0 Å². The molecule has 1 unspecified atom stereocenters. The molecule has 3 aliphatic rings. The molecule has 150 valence electrons. The van der Waals surface area contributed by atoms with E-state index < -0.39 is 0 Å². The Morgan fingerprint density at radius 1 is 1.04 bits per heavy atom. The van der Waals surface area contributed by atoms with E-state index in [0.29, 0.717) is 17.7 Å². The van der Waals surface area contributed by atoms with Gasteiger partial charge in [-0.05, 0) is 86.0 Å². The van der Waals surface area contributed by atoms with Crippen molar-refractivity contribution in [3.8, 4) is 0 Å². The third-order valence-electron chi connectivity index (χ3n) is 5.68. The van der Waals surface area contributed by atoms with Crippen molar-refractivity contribution < 1.29 is 9.47 Å². The molecule has 0 aromatic rings. The van der Waals surface area contributed by atoms with Crippen molar-refractivity contribution >= 4 is 0 Å². The van der Waals surface area contributed by atoms with Crippen LogP contribution in [0.15, 0.2) is 0 Å². The number of hydrogen-bond acceptors (Lipinski definition) is 4. The lowest BCUT2D eigenvalue weighted by molar-refractivity contribution is 0.00312. The van der Waals surface area contributed by atoms with Crippen LogP contribution in [0.4, 0.5) is 0 Å². The van der Waals surface area contributed by atoms with Gasteiger partial charge in [-0.25, -0.2) is 0 Å². The zero-order chi connectivity index (χ0) is 18.7. The monoisotopic (exact) mass is 356 g/mol. The van der Waals surface area contributed by atoms with Crippen LogP contribution in [0.5, 0.6) is 0 Å². The Morgan fingerprint density at radius 3 is 2.16 bits per heavy atom. The van der Waals surface area contributed by atoms with Gasteiger partial charge in [0.1, 0.15) is 0 Å². The van der Waals surface area contributed by atoms with Gasteiger partial charge >= 0.3 is 0 Å². The van der Waals surface area contributed by atoms with E-state index in [2.05, 4.69) is 37.6 Å². The van der Waals surface area contributed by atoms with Gasteiger partial charge in [0, 0.05) is 18.2 Å². The van der Waals surface area contributed by atoms with Crippen molar-refractivity contribution in [2.75, 3.05) is 46.5 Å². The smallest absolute Gasteiger partial charge is 0.0653 e. The minimum atomic E-state index is 0.387. The molecule has 0 radical (unpaired) electrons. The zero-order valence-electron chi connectivity index (χ0n) is 17.9. The van der Waals surface area contributed by atoms with Crippen LogP contribution in [0.1, 0.15) is 73.1 Å². The van der Waals surface area contributed by atoms with E-state index >= 15 is 0 Å². The van der Waals surface area contributed by atoms with Gasteiger partial charge in [0.15, 0.2) is 0 Å². The topological polar surface area (TPSA) is 24.9 Å². The van der Waals surface area contributed by atoms with E-state index in [1.807, 2.05) is 13.8 Å². The van der Waals surface area contributed by atoms with Gasteiger partial charge in [-0.2, -0.15) is 0 Å². The lowest BCUT2D eigenvalue weighted by Crippen LogP contribution is -2.43. The molecule has 3 rings (SSSR count). The van der Waals surface area contributed by atoms with E-state index in [0.717, 1.165) is 19.8 Å². The van der Waals surface area contributed by atoms with Gasteiger partial charge in [0.25, 0.3) is 0 Å². The molecule has 0 aromatic carbocycles. The van der Waals surface area contributed by atoms with Gasteiger partial charge in [0.05, 0.1) is 19.3 Å². The summed E-state index contributed by atoms with van der Waals surface area (Å²) in [6.07, 6.45) is 8.52. The molecule has 3 fully saturated rings.